The van der Waals surface area contributed by atoms with Crippen LogP contribution >= 0.6 is 0 Å². The van der Waals surface area contributed by atoms with Gasteiger partial charge in [0.25, 0.3) is 0 Å². The number of rotatable bonds is 3. The monoisotopic (exact) mass is 250 g/mol. The molecule has 1 amide bonds. The molecule has 2 atom stereocenters. The summed E-state index contributed by atoms with van der Waals surface area (Å²) in [5, 5.41) is 0. The minimum Gasteiger partial charge on any atom is -0.469 e. The van der Waals surface area contributed by atoms with E-state index >= 15 is 0 Å². The molecule has 0 radical (unpaired) electrons. The Labute approximate surface area is 108 Å². The maximum Gasteiger partial charge on any atom is 0.225 e. The van der Waals surface area contributed by atoms with Gasteiger partial charge in [-0.25, -0.2) is 0 Å². The van der Waals surface area contributed by atoms with Crippen LogP contribution in [0.2, 0.25) is 0 Å². The molecule has 1 fully saturated rings. The summed E-state index contributed by atoms with van der Waals surface area (Å²) in [5.74, 6) is 1.20. The normalized spacial score (nSPS) is 23.9. The summed E-state index contributed by atoms with van der Waals surface area (Å²) < 4.78 is 5.25. The molecule has 1 aromatic heterocycles. The lowest BCUT2D eigenvalue weighted by Gasteiger charge is -2.29. The molecular formula is C14H22N2O2. The van der Waals surface area contributed by atoms with Gasteiger partial charge in [-0.1, -0.05) is 6.42 Å². The van der Waals surface area contributed by atoms with Crippen LogP contribution in [0.15, 0.2) is 16.7 Å². The van der Waals surface area contributed by atoms with Gasteiger partial charge in [0.05, 0.1) is 6.26 Å². The minimum absolute atomic E-state index is 0.103. The first kappa shape index (κ1) is 13.1. The van der Waals surface area contributed by atoms with Crippen molar-refractivity contribution in [3.05, 3.63) is 23.7 Å². The van der Waals surface area contributed by atoms with Gasteiger partial charge in [0.2, 0.25) is 5.91 Å². The second-order valence-electron chi connectivity index (χ2n) is 5.32. The summed E-state index contributed by atoms with van der Waals surface area (Å²) in [6.07, 6.45) is 5.58. The van der Waals surface area contributed by atoms with E-state index in [4.69, 9.17) is 10.2 Å². The smallest absolute Gasteiger partial charge is 0.225 e. The van der Waals surface area contributed by atoms with Gasteiger partial charge >= 0.3 is 0 Å². The van der Waals surface area contributed by atoms with Crippen LogP contribution in [0.5, 0.6) is 0 Å². The zero-order valence-electron chi connectivity index (χ0n) is 11.2. The van der Waals surface area contributed by atoms with Crippen molar-refractivity contribution in [2.45, 2.75) is 45.2 Å². The molecular weight excluding hydrogens is 228 g/mol. The molecule has 1 aliphatic rings. The lowest BCUT2D eigenvalue weighted by molar-refractivity contribution is -0.135. The van der Waals surface area contributed by atoms with E-state index in [0.717, 1.165) is 37.0 Å². The molecule has 4 heteroatoms. The number of carbonyl (C=O) groups excluding carboxylic acids is 1. The van der Waals surface area contributed by atoms with Crippen molar-refractivity contribution >= 4 is 5.91 Å². The number of hydrogen-bond acceptors (Lipinski definition) is 3. The van der Waals surface area contributed by atoms with Crippen molar-refractivity contribution in [2.75, 3.05) is 7.05 Å². The predicted molar refractivity (Wildman–Crippen MR) is 69.9 cm³/mol. The molecule has 4 nitrogen and oxygen atoms in total. The Balaban J connectivity index is 1.94. The van der Waals surface area contributed by atoms with Crippen molar-refractivity contribution in [1.29, 1.82) is 0 Å². The van der Waals surface area contributed by atoms with Gasteiger partial charge in [0.1, 0.15) is 5.76 Å². The maximum absolute atomic E-state index is 12.3. The first-order valence-corrected chi connectivity index (χ1v) is 6.61. The Hall–Kier alpha value is -1.29. The fraction of sp³-hybridized carbons (Fsp3) is 0.643. The molecule has 2 rings (SSSR count). The lowest BCUT2D eigenvalue weighted by atomic mass is 9.85. The van der Waals surface area contributed by atoms with Crippen molar-refractivity contribution in [1.82, 2.24) is 4.90 Å². The Morgan fingerprint density at radius 1 is 1.56 bits per heavy atom. The van der Waals surface area contributed by atoms with E-state index in [0.29, 0.717) is 6.54 Å². The lowest BCUT2D eigenvalue weighted by Crippen LogP contribution is -2.38. The fourth-order valence-corrected chi connectivity index (χ4v) is 2.67. The molecule has 1 heterocycles. The SMILES string of the molecule is Cc1occc1CN(C)C(=O)C1CCCC(N)C1. The summed E-state index contributed by atoms with van der Waals surface area (Å²) in [7, 11) is 1.86. The topological polar surface area (TPSA) is 59.5 Å². The molecule has 100 valence electrons. The molecule has 0 spiro atoms. The fourth-order valence-electron chi connectivity index (χ4n) is 2.67. The van der Waals surface area contributed by atoms with E-state index in [-0.39, 0.29) is 17.9 Å². The quantitative estimate of drug-likeness (QED) is 0.893. The predicted octanol–water partition coefficient (Wildman–Crippen LogP) is 2.06. The highest BCUT2D eigenvalue weighted by molar-refractivity contribution is 5.78. The number of carbonyl (C=O) groups is 1. The van der Waals surface area contributed by atoms with E-state index in [1.54, 1.807) is 11.2 Å². The summed E-state index contributed by atoms with van der Waals surface area (Å²) in [4.78, 5) is 14.1. The van der Waals surface area contributed by atoms with Gasteiger partial charge in [0.15, 0.2) is 0 Å². The zero-order valence-corrected chi connectivity index (χ0v) is 11.2. The largest absolute Gasteiger partial charge is 0.469 e. The molecule has 1 aromatic rings. The third-order valence-corrected chi connectivity index (χ3v) is 3.81. The Morgan fingerprint density at radius 2 is 2.33 bits per heavy atom. The molecule has 2 N–H and O–H groups in total. The minimum atomic E-state index is 0.103. The Kier molecular flexibility index (Phi) is 4.07. The molecule has 1 saturated carbocycles. The van der Waals surface area contributed by atoms with Gasteiger partial charge in [-0.3, -0.25) is 4.79 Å². The summed E-state index contributed by atoms with van der Waals surface area (Å²) in [6.45, 7) is 2.54. The molecule has 18 heavy (non-hydrogen) atoms. The number of aryl methyl sites for hydroxylation is 1. The van der Waals surface area contributed by atoms with Gasteiger partial charge in [0, 0.05) is 31.1 Å². The number of hydrogen-bond donors (Lipinski definition) is 1. The van der Waals surface area contributed by atoms with E-state index in [1.807, 2.05) is 20.0 Å². The zero-order chi connectivity index (χ0) is 13.1. The van der Waals surface area contributed by atoms with Crippen molar-refractivity contribution < 1.29 is 9.21 Å². The van der Waals surface area contributed by atoms with E-state index in [9.17, 15) is 4.79 Å². The first-order chi connectivity index (χ1) is 8.58. The van der Waals surface area contributed by atoms with Gasteiger partial charge < -0.3 is 15.1 Å². The molecule has 0 bridgehead atoms. The Morgan fingerprint density at radius 3 is 2.94 bits per heavy atom. The summed E-state index contributed by atoms with van der Waals surface area (Å²) in [6, 6.07) is 2.11. The molecule has 1 aliphatic carbocycles. The van der Waals surface area contributed by atoms with Crippen LogP contribution in [0.3, 0.4) is 0 Å². The van der Waals surface area contributed by atoms with Crippen molar-refractivity contribution in [3.63, 3.8) is 0 Å². The van der Waals surface area contributed by atoms with Crippen LogP contribution in [0.25, 0.3) is 0 Å². The van der Waals surface area contributed by atoms with E-state index in [2.05, 4.69) is 0 Å². The highest BCUT2D eigenvalue weighted by Gasteiger charge is 2.27. The van der Waals surface area contributed by atoms with Crippen LogP contribution in [-0.2, 0) is 11.3 Å². The second-order valence-corrected chi connectivity index (χ2v) is 5.32. The van der Waals surface area contributed by atoms with Crippen LogP contribution < -0.4 is 5.73 Å². The number of nitrogens with zero attached hydrogens (tertiary/aromatic N) is 1. The number of amides is 1. The molecule has 2 unspecified atom stereocenters. The third-order valence-electron chi connectivity index (χ3n) is 3.81. The maximum atomic E-state index is 12.3. The van der Waals surface area contributed by atoms with E-state index < -0.39 is 0 Å². The number of furan rings is 1. The third kappa shape index (κ3) is 2.93. The summed E-state index contributed by atoms with van der Waals surface area (Å²) >= 11 is 0. The molecule has 0 saturated heterocycles. The molecule has 0 aromatic carbocycles. The molecule has 0 aliphatic heterocycles. The van der Waals surface area contributed by atoms with Crippen LogP contribution in [0.1, 0.15) is 37.0 Å². The van der Waals surface area contributed by atoms with Gasteiger partial charge in [-0.15, -0.1) is 0 Å². The van der Waals surface area contributed by atoms with Crippen LogP contribution in [-0.4, -0.2) is 23.9 Å². The highest BCUT2D eigenvalue weighted by Crippen LogP contribution is 2.25. The Bertz CT molecular complexity index is 414. The average Bonchev–Trinajstić information content (AvgIpc) is 2.74. The highest BCUT2D eigenvalue weighted by atomic mass is 16.3. The average molecular weight is 250 g/mol. The standard InChI is InChI=1S/C14H22N2O2/c1-10-12(6-7-18-10)9-16(2)14(17)11-4-3-5-13(15)8-11/h6-7,11,13H,3-5,8-9,15H2,1-2H3. The van der Waals surface area contributed by atoms with Crippen molar-refractivity contribution in [2.24, 2.45) is 11.7 Å². The van der Waals surface area contributed by atoms with E-state index in [1.165, 1.54) is 0 Å². The summed E-state index contributed by atoms with van der Waals surface area (Å²) in [5.41, 5.74) is 7.01. The van der Waals surface area contributed by atoms with Crippen molar-refractivity contribution in [3.8, 4) is 0 Å². The number of nitrogens with two attached hydrogens (primary N) is 1. The van der Waals surface area contributed by atoms with Gasteiger partial charge in [-0.2, -0.15) is 0 Å². The second kappa shape index (κ2) is 5.57. The van der Waals surface area contributed by atoms with Crippen LogP contribution in [0, 0.1) is 12.8 Å². The van der Waals surface area contributed by atoms with Crippen LogP contribution in [0.4, 0.5) is 0 Å². The first-order valence-electron chi connectivity index (χ1n) is 6.61. The van der Waals surface area contributed by atoms with Gasteiger partial charge in [-0.05, 0) is 32.3 Å².